The van der Waals surface area contributed by atoms with E-state index in [9.17, 15) is 4.79 Å². The van der Waals surface area contributed by atoms with Crippen LogP contribution in [0, 0.1) is 17.8 Å². The van der Waals surface area contributed by atoms with Crippen molar-refractivity contribution in [1.82, 2.24) is 9.97 Å². The fourth-order valence-electron chi connectivity index (χ4n) is 6.56. The molecule has 1 aromatic heterocycles. The highest BCUT2D eigenvalue weighted by Gasteiger charge is 2.55. The van der Waals surface area contributed by atoms with E-state index >= 15 is 0 Å². The quantitative estimate of drug-likeness (QED) is 0.439. The van der Waals surface area contributed by atoms with Crippen LogP contribution in [0.25, 0.3) is 5.57 Å². The van der Waals surface area contributed by atoms with E-state index in [1.807, 2.05) is 6.07 Å². The number of ether oxygens (including phenoxy) is 3. The maximum Gasteiger partial charge on any atom is 0.291 e. The lowest BCUT2D eigenvalue weighted by Crippen LogP contribution is -2.48. The van der Waals surface area contributed by atoms with Crippen LogP contribution in [-0.2, 0) is 14.2 Å². The molecule has 7 nitrogen and oxygen atoms in total. The predicted molar refractivity (Wildman–Crippen MR) is 148 cm³/mol. The van der Waals surface area contributed by atoms with Gasteiger partial charge in [-0.05, 0) is 85.5 Å². The van der Waals surface area contributed by atoms with Gasteiger partial charge in [0.05, 0.1) is 24.4 Å². The summed E-state index contributed by atoms with van der Waals surface area (Å²) in [6, 6.07) is 6.47. The topological polar surface area (TPSA) is 85.5 Å². The molecule has 2 N–H and O–H groups in total. The number of H-pyrrole nitrogens is 1. The molecule has 202 valence electrons. The summed E-state index contributed by atoms with van der Waals surface area (Å²) in [5.74, 6) is 2.66. The van der Waals surface area contributed by atoms with Crippen molar-refractivity contribution in [3.8, 4) is 12.3 Å². The van der Waals surface area contributed by atoms with Gasteiger partial charge in [0.15, 0.2) is 5.82 Å². The van der Waals surface area contributed by atoms with E-state index in [4.69, 9.17) is 20.6 Å². The maximum absolute atomic E-state index is 13.1. The van der Waals surface area contributed by atoms with Gasteiger partial charge in [-0.15, -0.1) is 6.42 Å². The third kappa shape index (κ3) is 5.31. The van der Waals surface area contributed by atoms with E-state index in [2.05, 4.69) is 53.3 Å². The Morgan fingerprint density at radius 2 is 1.89 bits per heavy atom. The van der Waals surface area contributed by atoms with E-state index in [0.717, 1.165) is 56.2 Å². The van der Waals surface area contributed by atoms with Gasteiger partial charge in [0.1, 0.15) is 5.69 Å². The van der Waals surface area contributed by atoms with Gasteiger partial charge >= 0.3 is 0 Å². The smallest absolute Gasteiger partial charge is 0.291 e. The zero-order valence-electron chi connectivity index (χ0n) is 23.0. The number of aromatic amines is 1. The molecule has 2 bridgehead atoms. The molecule has 0 radical (unpaired) electrons. The summed E-state index contributed by atoms with van der Waals surface area (Å²) in [5.41, 5.74) is 4.53. The van der Waals surface area contributed by atoms with Crippen molar-refractivity contribution < 1.29 is 19.0 Å². The lowest BCUT2D eigenvalue weighted by atomic mass is 9.75. The van der Waals surface area contributed by atoms with Crippen LogP contribution in [0.15, 0.2) is 30.5 Å². The van der Waals surface area contributed by atoms with Crippen molar-refractivity contribution >= 4 is 17.2 Å². The number of hydrogen-bond acceptors (Lipinski definition) is 5. The first-order chi connectivity index (χ1) is 18.2. The molecule has 0 unspecified atom stereocenters. The normalized spacial score (nSPS) is 28.0. The van der Waals surface area contributed by atoms with Crippen LogP contribution >= 0.6 is 0 Å². The molecule has 3 aliphatic rings. The Hall–Kier alpha value is -2.92. The second kappa shape index (κ2) is 10.3. The van der Waals surface area contributed by atoms with Gasteiger partial charge in [-0.3, -0.25) is 4.79 Å². The Balaban J connectivity index is 1.49. The van der Waals surface area contributed by atoms with Crippen LogP contribution in [0.3, 0.4) is 0 Å². The molecule has 2 fully saturated rings. The van der Waals surface area contributed by atoms with E-state index in [0.29, 0.717) is 24.8 Å². The Kier molecular flexibility index (Phi) is 7.25. The van der Waals surface area contributed by atoms with Crippen LogP contribution in [0.1, 0.15) is 92.2 Å². The molecule has 2 aromatic rings. The second-order valence-electron chi connectivity index (χ2n) is 12.1. The molecule has 7 heteroatoms. The number of methoxy groups -OCH3 is 2. The average molecular weight is 518 g/mol. The molecule has 38 heavy (non-hydrogen) atoms. The third-order valence-electron chi connectivity index (χ3n) is 8.54. The molecule has 1 aliphatic carbocycles. The van der Waals surface area contributed by atoms with Crippen molar-refractivity contribution in [3.05, 3.63) is 53.1 Å². The molecule has 1 aromatic carbocycles. The molecule has 0 saturated carbocycles. The summed E-state index contributed by atoms with van der Waals surface area (Å²) in [6.07, 6.45) is 16.2. The zero-order valence-corrected chi connectivity index (χ0v) is 23.0. The molecular formula is C31H39N3O4. The Morgan fingerprint density at radius 1 is 1.18 bits per heavy atom. The minimum Gasteiger partial charge on any atom is -0.382 e. The fraction of sp³-hybridized carbons (Fsp3) is 0.548. The van der Waals surface area contributed by atoms with E-state index < -0.39 is 0 Å². The van der Waals surface area contributed by atoms with Gasteiger partial charge in [0, 0.05) is 31.7 Å². The SMILES string of the molecule is C#Cc1c[nH]c(C(=O)Nc2ccc([C@@H]3C[C@@]4(COC)CC[C@@](COC)(C3)O4)cc2C2=CCC(C)(C)CC2)n1. The number of nitrogens with zero attached hydrogens (tertiary/aromatic N) is 1. The molecule has 5 rings (SSSR count). The largest absolute Gasteiger partial charge is 0.382 e. The Bertz CT molecular complexity index is 1250. The number of aromatic nitrogens is 2. The van der Waals surface area contributed by atoms with Crippen molar-refractivity contribution in [2.75, 3.05) is 32.8 Å². The highest BCUT2D eigenvalue weighted by atomic mass is 16.6. The monoisotopic (exact) mass is 517 g/mol. The van der Waals surface area contributed by atoms with Crippen molar-refractivity contribution in [2.24, 2.45) is 5.41 Å². The van der Waals surface area contributed by atoms with E-state index in [-0.39, 0.29) is 28.3 Å². The number of hydrogen-bond donors (Lipinski definition) is 2. The van der Waals surface area contributed by atoms with Gasteiger partial charge < -0.3 is 24.5 Å². The number of allylic oxidation sites excluding steroid dienone is 2. The van der Waals surface area contributed by atoms with Gasteiger partial charge in [0.2, 0.25) is 0 Å². The molecule has 3 atom stereocenters. The molecule has 2 aliphatic heterocycles. The summed E-state index contributed by atoms with van der Waals surface area (Å²) in [4.78, 5) is 20.1. The average Bonchev–Trinajstić information content (AvgIpc) is 3.47. The number of amides is 1. The lowest BCUT2D eigenvalue weighted by Gasteiger charge is -2.44. The molecule has 2 saturated heterocycles. The summed E-state index contributed by atoms with van der Waals surface area (Å²) in [7, 11) is 3.49. The zero-order chi connectivity index (χ0) is 27.0. The summed E-state index contributed by atoms with van der Waals surface area (Å²) in [6.45, 7) is 5.78. The number of anilines is 1. The highest BCUT2D eigenvalue weighted by Crippen LogP contribution is 2.54. The summed E-state index contributed by atoms with van der Waals surface area (Å²) in [5, 5.41) is 3.09. The molecule has 3 heterocycles. The van der Waals surface area contributed by atoms with Gasteiger partial charge in [0.25, 0.3) is 5.91 Å². The van der Waals surface area contributed by atoms with Gasteiger partial charge in [-0.1, -0.05) is 26.0 Å². The maximum atomic E-state index is 13.1. The standard InChI is InChI=1S/C31H39N3O4/c1-6-24-18-32-27(33-24)28(35)34-26-8-7-22(15-25(26)21-9-11-29(2,3)12-10-21)23-16-30(19-36-4)13-14-31(17-23,38-30)20-37-5/h1,7-9,15,18,23H,10-14,16-17,19-20H2,2-5H3,(H,32,33)(H,34,35)/t23-,30-,31+. The first-order valence-corrected chi connectivity index (χ1v) is 13.5. The number of nitrogens with one attached hydrogen (secondary N) is 2. The summed E-state index contributed by atoms with van der Waals surface area (Å²) < 4.78 is 17.9. The van der Waals surface area contributed by atoms with Crippen molar-refractivity contribution in [2.45, 2.75) is 75.9 Å². The molecule has 0 spiro atoms. The van der Waals surface area contributed by atoms with Crippen LogP contribution < -0.4 is 5.32 Å². The van der Waals surface area contributed by atoms with Crippen LogP contribution in [0.2, 0.25) is 0 Å². The van der Waals surface area contributed by atoms with Gasteiger partial charge in [-0.2, -0.15) is 0 Å². The third-order valence-corrected chi connectivity index (χ3v) is 8.54. The molecular weight excluding hydrogens is 478 g/mol. The number of imidazole rings is 1. The van der Waals surface area contributed by atoms with Crippen molar-refractivity contribution in [3.63, 3.8) is 0 Å². The van der Waals surface area contributed by atoms with Crippen LogP contribution in [-0.4, -0.2) is 54.5 Å². The van der Waals surface area contributed by atoms with Crippen molar-refractivity contribution in [1.29, 1.82) is 0 Å². The number of terminal acetylenes is 1. The first-order valence-electron chi connectivity index (χ1n) is 13.5. The predicted octanol–water partition coefficient (Wildman–Crippen LogP) is 5.70. The fourth-order valence-corrected chi connectivity index (χ4v) is 6.56. The first kappa shape index (κ1) is 26.7. The highest BCUT2D eigenvalue weighted by molar-refractivity contribution is 6.03. The van der Waals surface area contributed by atoms with Crippen LogP contribution in [0.5, 0.6) is 0 Å². The van der Waals surface area contributed by atoms with E-state index in [1.165, 1.54) is 11.1 Å². The minimum absolute atomic E-state index is 0.204. The number of carbonyl (C=O) groups excluding carboxylic acids is 1. The lowest BCUT2D eigenvalue weighted by molar-refractivity contribution is -0.184. The summed E-state index contributed by atoms with van der Waals surface area (Å²) >= 11 is 0. The Morgan fingerprint density at radius 3 is 2.47 bits per heavy atom. The number of rotatable bonds is 8. The number of benzene rings is 1. The molecule has 1 amide bonds. The number of fused-ring (bicyclic) bond motifs is 2. The van der Waals surface area contributed by atoms with Crippen LogP contribution in [0.4, 0.5) is 5.69 Å². The number of carbonyl (C=O) groups is 1. The van der Waals surface area contributed by atoms with E-state index in [1.54, 1.807) is 20.4 Å². The Labute approximate surface area is 225 Å². The second-order valence-corrected chi connectivity index (χ2v) is 12.1. The minimum atomic E-state index is -0.306. The van der Waals surface area contributed by atoms with Gasteiger partial charge in [-0.25, -0.2) is 4.98 Å².